The quantitative estimate of drug-likeness (QED) is 0.817. The molecule has 0 aliphatic carbocycles. The highest BCUT2D eigenvalue weighted by atomic mass is 16.5. The molecule has 0 spiro atoms. The second-order valence-electron chi connectivity index (χ2n) is 5.63. The molecule has 2 aromatic rings. The molecule has 0 heterocycles. The molecule has 0 saturated heterocycles. The van der Waals surface area contributed by atoms with Crippen molar-refractivity contribution in [2.24, 2.45) is 0 Å². The van der Waals surface area contributed by atoms with Crippen LogP contribution in [0.3, 0.4) is 0 Å². The van der Waals surface area contributed by atoms with Crippen molar-refractivity contribution >= 4 is 17.6 Å². The largest absolute Gasteiger partial charge is 0.452 e. The van der Waals surface area contributed by atoms with Crippen LogP contribution in [0.1, 0.15) is 37.3 Å². The van der Waals surface area contributed by atoms with E-state index in [0.29, 0.717) is 17.7 Å². The summed E-state index contributed by atoms with van der Waals surface area (Å²) >= 11 is 0. The SMILES string of the molecule is CC[C@H](C(=O)O[C@H](C)C(=O)Nc1cccc(C#N)c1)c1ccccc1. The fourth-order valence-corrected chi connectivity index (χ4v) is 2.44. The van der Waals surface area contributed by atoms with Crippen molar-refractivity contribution in [3.8, 4) is 6.07 Å². The van der Waals surface area contributed by atoms with Crippen LogP contribution < -0.4 is 5.32 Å². The number of hydrogen-bond acceptors (Lipinski definition) is 4. The maximum absolute atomic E-state index is 12.4. The summed E-state index contributed by atoms with van der Waals surface area (Å²) in [5, 5.41) is 11.5. The Morgan fingerprint density at radius 3 is 2.52 bits per heavy atom. The molecule has 0 aromatic heterocycles. The molecule has 0 saturated carbocycles. The standard InChI is InChI=1S/C20H20N2O3/c1-3-18(16-9-5-4-6-10-16)20(24)25-14(2)19(23)22-17-11-7-8-15(12-17)13-21/h4-12,14,18H,3H2,1-2H3,(H,22,23)/t14-,18+/m1/s1. The normalized spacial score (nSPS) is 12.5. The molecule has 2 aromatic carbocycles. The van der Waals surface area contributed by atoms with Crippen molar-refractivity contribution in [2.45, 2.75) is 32.3 Å². The van der Waals surface area contributed by atoms with Crippen LogP contribution >= 0.6 is 0 Å². The zero-order valence-corrected chi connectivity index (χ0v) is 14.2. The van der Waals surface area contributed by atoms with Gasteiger partial charge < -0.3 is 10.1 Å². The number of nitrogens with one attached hydrogen (secondary N) is 1. The van der Waals surface area contributed by atoms with Crippen LogP contribution in [-0.2, 0) is 14.3 Å². The lowest BCUT2D eigenvalue weighted by Crippen LogP contribution is -2.31. The molecule has 0 aliphatic rings. The molecule has 0 radical (unpaired) electrons. The summed E-state index contributed by atoms with van der Waals surface area (Å²) in [6.45, 7) is 3.43. The first-order valence-corrected chi connectivity index (χ1v) is 8.11. The molecule has 25 heavy (non-hydrogen) atoms. The van der Waals surface area contributed by atoms with Gasteiger partial charge in [-0.1, -0.05) is 43.3 Å². The summed E-state index contributed by atoms with van der Waals surface area (Å²) in [4.78, 5) is 24.6. The summed E-state index contributed by atoms with van der Waals surface area (Å²) in [5.74, 6) is -1.27. The van der Waals surface area contributed by atoms with E-state index >= 15 is 0 Å². The van der Waals surface area contributed by atoms with E-state index in [2.05, 4.69) is 5.32 Å². The zero-order chi connectivity index (χ0) is 18.2. The molecule has 0 unspecified atom stereocenters. The summed E-state index contributed by atoms with van der Waals surface area (Å²) in [6.07, 6.45) is -0.350. The van der Waals surface area contributed by atoms with Gasteiger partial charge in [0.2, 0.25) is 0 Å². The lowest BCUT2D eigenvalue weighted by atomic mass is 9.97. The lowest BCUT2D eigenvalue weighted by molar-refractivity contribution is -0.154. The highest BCUT2D eigenvalue weighted by molar-refractivity contribution is 5.95. The van der Waals surface area contributed by atoms with Crippen molar-refractivity contribution in [3.05, 3.63) is 65.7 Å². The Hall–Kier alpha value is -3.13. The van der Waals surface area contributed by atoms with Gasteiger partial charge in [0.1, 0.15) is 0 Å². The number of esters is 1. The Bertz CT molecular complexity index is 781. The molecule has 128 valence electrons. The Morgan fingerprint density at radius 1 is 1.16 bits per heavy atom. The number of rotatable bonds is 6. The number of carbonyl (C=O) groups excluding carboxylic acids is 2. The molecule has 0 aliphatic heterocycles. The number of amides is 1. The Balaban J connectivity index is 2.00. The van der Waals surface area contributed by atoms with E-state index in [1.807, 2.05) is 43.3 Å². The lowest BCUT2D eigenvalue weighted by Gasteiger charge is -2.18. The summed E-state index contributed by atoms with van der Waals surface area (Å²) < 4.78 is 5.33. The maximum atomic E-state index is 12.4. The molecule has 1 N–H and O–H groups in total. The van der Waals surface area contributed by atoms with Gasteiger partial charge in [0.05, 0.1) is 17.6 Å². The van der Waals surface area contributed by atoms with Gasteiger partial charge in [0.25, 0.3) is 5.91 Å². The second kappa shape index (κ2) is 8.65. The number of ether oxygens (including phenoxy) is 1. The van der Waals surface area contributed by atoms with Crippen LogP contribution in [0.15, 0.2) is 54.6 Å². The number of anilines is 1. The second-order valence-corrected chi connectivity index (χ2v) is 5.63. The monoisotopic (exact) mass is 336 g/mol. The fourth-order valence-electron chi connectivity index (χ4n) is 2.44. The average molecular weight is 336 g/mol. The molecule has 0 bridgehead atoms. The van der Waals surface area contributed by atoms with Gasteiger partial charge in [0, 0.05) is 5.69 Å². The van der Waals surface area contributed by atoms with Gasteiger partial charge in [-0.05, 0) is 37.1 Å². The van der Waals surface area contributed by atoms with Gasteiger partial charge in [-0.15, -0.1) is 0 Å². The van der Waals surface area contributed by atoms with Gasteiger partial charge >= 0.3 is 5.97 Å². The van der Waals surface area contributed by atoms with Gasteiger partial charge in [0.15, 0.2) is 6.10 Å². The predicted molar refractivity (Wildman–Crippen MR) is 94.8 cm³/mol. The molecule has 0 fully saturated rings. The van der Waals surface area contributed by atoms with Crippen LogP contribution in [0.4, 0.5) is 5.69 Å². The highest BCUT2D eigenvalue weighted by Crippen LogP contribution is 2.21. The molecule has 2 atom stereocenters. The van der Waals surface area contributed by atoms with Crippen LogP contribution in [0.5, 0.6) is 0 Å². The average Bonchev–Trinajstić information content (AvgIpc) is 2.63. The topological polar surface area (TPSA) is 79.2 Å². The number of benzene rings is 2. The molecular formula is C20H20N2O3. The minimum absolute atomic E-state index is 0.404. The summed E-state index contributed by atoms with van der Waals surface area (Å²) in [6, 6.07) is 17.9. The number of hydrogen-bond donors (Lipinski definition) is 1. The summed E-state index contributed by atoms with van der Waals surface area (Å²) in [5.41, 5.74) is 1.80. The van der Waals surface area contributed by atoms with Gasteiger partial charge in [-0.2, -0.15) is 5.26 Å². The maximum Gasteiger partial charge on any atom is 0.314 e. The van der Waals surface area contributed by atoms with Crippen molar-refractivity contribution in [1.29, 1.82) is 5.26 Å². The third-order valence-corrected chi connectivity index (χ3v) is 3.82. The van der Waals surface area contributed by atoms with Crippen molar-refractivity contribution < 1.29 is 14.3 Å². The van der Waals surface area contributed by atoms with Gasteiger partial charge in [-0.25, -0.2) is 0 Å². The van der Waals surface area contributed by atoms with Crippen LogP contribution in [0, 0.1) is 11.3 Å². The van der Waals surface area contributed by atoms with Crippen molar-refractivity contribution in [2.75, 3.05) is 5.32 Å². The molecular weight excluding hydrogens is 316 g/mol. The molecule has 5 heteroatoms. The van der Waals surface area contributed by atoms with Crippen molar-refractivity contribution in [3.63, 3.8) is 0 Å². The van der Waals surface area contributed by atoms with E-state index in [1.165, 1.54) is 6.92 Å². The third-order valence-electron chi connectivity index (χ3n) is 3.82. The van der Waals surface area contributed by atoms with E-state index < -0.39 is 23.9 Å². The zero-order valence-electron chi connectivity index (χ0n) is 14.2. The van der Waals surface area contributed by atoms with E-state index in [0.717, 1.165) is 5.56 Å². The first-order chi connectivity index (χ1) is 12.0. The Morgan fingerprint density at radius 2 is 1.88 bits per heavy atom. The fraction of sp³-hybridized carbons (Fsp3) is 0.250. The van der Waals surface area contributed by atoms with Crippen molar-refractivity contribution in [1.82, 2.24) is 0 Å². The van der Waals surface area contributed by atoms with E-state index in [4.69, 9.17) is 10.00 Å². The number of nitrogens with zero attached hydrogens (tertiary/aromatic N) is 1. The first kappa shape index (κ1) is 18.2. The smallest absolute Gasteiger partial charge is 0.314 e. The van der Waals surface area contributed by atoms with E-state index in [9.17, 15) is 9.59 Å². The van der Waals surface area contributed by atoms with Crippen LogP contribution in [-0.4, -0.2) is 18.0 Å². The predicted octanol–water partition coefficient (Wildman–Crippen LogP) is 3.62. The minimum Gasteiger partial charge on any atom is -0.452 e. The van der Waals surface area contributed by atoms with Gasteiger partial charge in [-0.3, -0.25) is 9.59 Å². The minimum atomic E-state index is -0.934. The number of carbonyl (C=O) groups is 2. The highest BCUT2D eigenvalue weighted by Gasteiger charge is 2.25. The molecule has 1 amide bonds. The van der Waals surface area contributed by atoms with E-state index in [-0.39, 0.29) is 0 Å². The van der Waals surface area contributed by atoms with E-state index in [1.54, 1.807) is 24.3 Å². The van der Waals surface area contributed by atoms with Crippen LogP contribution in [0.25, 0.3) is 0 Å². The Labute approximate surface area is 147 Å². The number of nitriles is 1. The third kappa shape index (κ3) is 4.92. The molecule has 5 nitrogen and oxygen atoms in total. The Kier molecular flexibility index (Phi) is 6.30. The molecule has 2 rings (SSSR count). The summed E-state index contributed by atoms with van der Waals surface area (Å²) in [7, 11) is 0. The first-order valence-electron chi connectivity index (χ1n) is 8.11. The van der Waals surface area contributed by atoms with Crippen LogP contribution in [0.2, 0.25) is 0 Å².